The Balaban J connectivity index is 0. The first-order chi connectivity index (χ1) is 6.43. The molecule has 2 amide bonds. The van der Waals surface area contributed by atoms with E-state index in [0.717, 1.165) is 0 Å². The minimum Gasteiger partial charge on any atom is -0.395 e. The van der Waals surface area contributed by atoms with Crippen molar-refractivity contribution in [2.24, 2.45) is 5.73 Å². The number of carbonyl (C=O) groups excluding carboxylic acids is 3. The maximum Gasteiger partial charge on any atom is 0.312 e. The highest BCUT2D eigenvalue weighted by Crippen LogP contribution is 1.84. The number of hydroxylamine groups is 1. The summed E-state index contributed by atoms with van der Waals surface area (Å²) in [5.41, 5.74) is 6.07. The molecule has 0 rings (SSSR count). The molecule has 0 fully saturated rings. The summed E-state index contributed by atoms with van der Waals surface area (Å²) in [6.45, 7) is 1.35. The number of hydrogen-bond donors (Lipinski definition) is 3. The van der Waals surface area contributed by atoms with E-state index in [9.17, 15) is 14.4 Å². The zero-order chi connectivity index (χ0) is 11.6. The summed E-state index contributed by atoms with van der Waals surface area (Å²) in [5, 5.41) is 7.90. The van der Waals surface area contributed by atoms with Gasteiger partial charge in [0.1, 0.15) is 0 Å². The Labute approximate surface area is 94.6 Å². The van der Waals surface area contributed by atoms with Crippen molar-refractivity contribution in [1.82, 2.24) is 5.48 Å². The van der Waals surface area contributed by atoms with Gasteiger partial charge in [-0.05, 0) is 0 Å². The summed E-state index contributed by atoms with van der Waals surface area (Å²) in [7, 11) is 0. The smallest absolute Gasteiger partial charge is 0.312 e. The maximum atomic E-state index is 10.1. The van der Waals surface area contributed by atoms with E-state index in [2.05, 4.69) is 3.07 Å². The molecule has 0 heterocycles. The van der Waals surface area contributed by atoms with Crippen molar-refractivity contribution < 1.29 is 22.7 Å². The van der Waals surface area contributed by atoms with Crippen LogP contribution in [0.4, 0.5) is 0 Å². The molecule has 82 valence electrons. The van der Waals surface area contributed by atoms with Crippen LogP contribution in [0.25, 0.3) is 0 Å². The second-order valence-electron chi connectivity index (χ2n) is 2.07. The van der Waals surface area contributed by atoms with E-state index in [1.54, 1.807) is 0 Å². The number of rotatable bonds is 3. The summed E-state index contributed by atoms with van der Waals surface area (Å²) < 4.78 is 4.08. The van der Waals surface area contributed by atoms with Gasteiger partial charge in [-0.25, -0.2) is 5.48 Å². The zero-order valence-corrected chi connectivity index (χ0v) is 9.61. The van der Waals surface area contributed by atoms with Crippen LogP contribution in [0.3, 0.4) is 0 Å². The Bertz CT molecular complexity index is 208. The highest BCUT2D eigenvalue weighted by molar-refractivity contribution is 14.1. The van der Waals surface area contributed by atoms with E-state index in [0.29, 0.717) is 0 Å². The van der Waals surface area contributed by atoms with Gasteiger partial charge in [0.05, 0.1) is 0 Å². The summed E-state index contributed by atoms with van der Waals surface area (Å²) in [5.74, 6) is -1.42. The highest BCUT2D eigenvalue weighted by atomic mass is 127. The lowest BCUT2D eigenvalue weighted by molar-refractivity contribution is -0.131. The highest BCUT2D eigenvalue weighted by Gasteiger charge is 2.00. The Morgan fingerprint density at radius 1 is 1.43 bits per heavy atom. The molecule has 8 heteroatoms. The predicted molar refractivity (Wildman–Crippen MR) is 54.1 cm³/mol. The quantitative estimate of drug-likeness (QED) is 0.374. The number of hydrogen-bond acceptors (Lipinski definition) is 5. The first-order valence-electron chi connectivity index (χ1n) is 3.44. The SMILES string of the molecule is CC(=O)OI.NC(=O)CCC(=O)NO. The van der Waals surface area contributed by atoms with E-state index in [4.69, 9.17) is 10.9 Å². The molecule has 0 spiro atoms. The second kappa shape index (κ2) is 10.2. The Hall–Kier alpha value is -0.900. The van der Waals surface area contributed by atoms with Crippen LogP contribution >= 0.6 is 23.0 Å². The molecule has 0 saturated carbocycles. The minimum atomic E-state index is -0.603. The summed E-state index contributed by atoms with van der Waals surface area (Å²) >= 11 is 1.53. The average molecular weight is 318 g/mol. The standard InChI is InChI=1S/C4H8N2O3.C2H3IO2/c5-3(7)1-2-4(8)6-9;1-2(4)5-3/h9H,1-2H2,(H2,5,7)(H,6,8);1H3. The van der Waals surface area contributed by atoms with Gasteiger partial charge in [0.2, 0.25) is 11.8 Å². The Morgan fingerprint density at radius 3 is 2.07 bits per heavy atom. The van der Waals surface area contributed by atoms with Crippen LogP contribution in [0.15, 0.2) is 0 Å². The maximum absolute atomic E-state index is 10.1. The molecule has 0 aromatic carbocycles. The Kier molecular flexibility index (Phi) is 11.3. The fourth-order valence-corrected chi connectivity index (χ4v) is 0.293. The summed E-state index contributed by atoms with van der Waals surface area (Å²) in [6, 6.07) is 0. The monoisotopic (exact) mass is 318 g/mol. The molecule has 0 atom stereocenters. The molecule has 0 radical (unpaired) electrons. The van der Waals surface area contributed by atoms with Crippen LogP contribution < -0.4 is 11.2 Å². The van der Waals surface area contributed by atoms with Gasteiger partial charge >= 0.3 is 5.97 Å². The van der Waals surface area contributed by atoms with Gasteiger partial charge < -0.3 is 8.80 Å². The van der Waals surface area contributed by atoms with E-state index < -0.39 is 11.8 Å². The number of primary amides is 1. The molecule has 0 aliphatic carbocycles. The van der Waals surface area contributed by atoms with Crippen molar-refractivity contribution in [3.8, 4) is 0 Å². The molecule has 0 unspecified atom stereocenters. The fourth-order valence-electron chi connectivity index (χ4n) is 0.293. The minimum absolute atomic E-state index is 0.0353. The molecule has 7 nitrogen and oxygen atoms in total. The summed E-state index contributed by atoms with van der Waals surface area (Å²) in [4.78, 5) is 29.7. The molecular formula is C6H11IN2O5. The van der Waals surface area contributed by atoms with Crippen LogP contribution in [0, 0.1) is 0 Å². The van der Waals surface area contributed by atoms with E-state index >= 15 is 0 Å². The second-order valence-corrected chi connectivity index (χ2v) is 2.51. The molecule has 14 heavy (non-hydrogen) atoms. The third-order valence-electron chi connectivity index (χ3n) is 0.832. The number of carbonyl (C=O) groups is 3. The van der Waals surface area contributed by atoms with Crippen molar-refractivity contribution in [1.29, 1.82) is 0 Å². The van der Waals surface area contributed by atoms with Crippen molar-refractivity contribution in [2.45, 2.75) is 19.8 Å². The lowest BCUT2D eigenvalue weighted by Crippen LogP contribution is -2.21. The number of nitrogens with two attached hydrogens (primary N) is 1. The van der Waals surface area contributed by atoms with Crippen molar-refractivity contribution in [2.75, 3.05) is 0 Å². The van der Waals surface area contributed by atoms with Crippen LogP contribution in [0.5, 0.6) is 0 Å². The lowest BCUT2D eigenvalue weighted by atomic mass is 10.3. The van der Waals surface area contributed by atoms with Crippen LogP contribution in [0.1, 0.15) is 19.8 Å². The van der Waals surface area contributed by atoms with E-state index in [1.807, 2.05) is 0 Å². The third-order valence-corrected chi connectivity index (χ3v) is 1.45. The van der Waals surface area contributed by atoms with Crippen LogP contribution in [0.2, 0.25) is 0 Å². The molecule has 0 saturated heterocycles. The van der Waals surface area contributed by atoms with Gasteiger partial charge in [-0.1, -0.05) is 0 Å². The predicted octanol–water partition coefficient (Wildman–Crippen LogP) is -0.343. The average Bonchev–Trinajstić information content (AvgIpc) is 2.14. The van der Waals surface area contributed by atoms with Crippen molar-refractivity contribution in [3.63, 3.8) is 0 Å². The van der Waals surface area contributed by atoms with E-state index in [-0.39, 0.29) is 18.8 Å². The fraction of sp³-hybridized carbons (Fsp3) is 0.500. The van der Waals surface area contributed by atoms with Gasteiger partial charge in [-0.3, -0.25) is 19.6 Å². The number of nitrogens with one attached hydrogen (secondary N) is 1. The van der Waals surface area contributed by atoms with Gasteiger partial charge in [0.15, 0.2) is 23.0 Å². The van der Waals surface area contributed by atoms with Gasteiger partial charge in [-0.2, -0.15) is 0 Å². The normalized spacial score (nSPS) is 7.93. The molecule has 0 bridgehead atoms. The van der Waals surface area contributed by atoms with Crippen molar-refractivity contribution in [3.05, 3.63) is 0 Å². The van der Waals surface area contributed by atoms with Gasteiger partial charge in [0.25, 0.3) is 0 Å². The largest absolute Gasteiger partial charge is 0.395 e. The molecule has 0 aliphatic heterocycles. The number of halogens is 1. The third kappa shape index (κ3) is 17.3. The molecule has 0 aliphatic rings. The number of amides is 2. The first kappa shape index (κ1) is 15.6. The van der Waals surface area contributed by atoms with Gasteiger partial charge in [0, 0.05) is 19.8 Å². The molecule has 0 aromatic rings. The van der Waals surface area contributed by atoms with Gasteiger partial charge in [-0.15, -0.1) is 0 Å². The van der Waals surface area contributed by atoms with E-state index in [1.165, 1.54) is 35.4 Å². The first-order valence-corrected chi connectivity index (χ1v) is 4.32. The van der Waals surface area contributed by atoms with Crippen LogP contribution in [-0.2, 0) is 17.4 Å². The molecule has 0 aromatic heterocycles. The summed E-state index contributed by atoms with van der Waals surface area (Å²) in [6.07, 6.45) is -0.0990. The van der Waals surface area contributed by atoms with Crippen LogP contribution in [-0.4, -0.2) is 23.0 Å². The lowest BCUT2D eigenvalue weighted by Gasteiger charge is -1.92. The molecule has 4 N–H and O–H groups in total. The van der Waals surface area contributed by atoms with Crippen molar-refractivity contribution >= 4 is 40.8 Å². The topological polar surface area (TPSA) is 119 Å². The zero-order valence-electron chi connectivity index (χ0n) is 7.45. The Morgan fingerprint density at radius 2 is 1.86 bits per heavy atom. The molecular weight excluding hydrogens is 307 g/mol.